The predicted octanol–water partition coefficient (Wildman–Crippen LogP) is 2.67. The van der Waals surface area contributed by atoms with E-state index in [4.69, 9.17) is 33.2 Å². The van der Waals surface area contributed by atoms with Crippen molar-refractivity contribution < 1.29 is 17.6 Å². The third-order valence-electron chi connectivity index (χ3n) is 0.231. The molecular weight excluding hydrogens is 219 g/mol. The van der Waals surface area contributed by atoms with E-state index in [1.807, 2.05) is 0 Å². The van der Waals surface area contributed by atoms with Crippen LogP contribution in [0.25, 0.3) is 0 Å². The van der Waals surface area contributed by atoms with Crippen LogP contribution in [0.15, 0.2) is 0 Å². The Morgan fingerprint density at radius 2 is 1.44 bits per heavy atom. The topological polar surface area (TPSA) is 9.23 Å². The maximum absolute atomic E-state index is 11.1. The predicted molar refractivity (Wildman–Crippen MR) is 30.5 cm³/mol. The van der Waals surface area contributed by atoms with Gasteiger partial charge in [0.1, 0.15) is 0 Å². The van der Waals surface area contributed by atoms with Gasteiger partial charge in [0.25, 0.3) is 0 Å². The lowest BCUT2D eigenvalue weighted by molar-refractivity contribution is -0.276. The van der Waals surface area contributed by atoms with Gasteiger partial charge in [0.05, 0.1) is 0 Å². The first-order valence-corrected chi connectivity index (χ1v) is 6.49. The SMILES string of the molecule is FC(F)(F)O[Si](Cl)(Cl)Cl. The van der Waals surface area contributed by atoms with Gasteiger partial charge in [0.2, 0.25) is 0 Å². The van der Waals surface area contributed by atoms with E-state index < -0.39 is 12.6 Å². The number of halogens is 6. The highest BCUT2D eigenvalue weighted by atomic mass is 35.8. The third kappa shape index (κ3) is 8.84. The number of alkyl halides is 3. The van der Waals surface area contributed by atoms with Crippen molar-refractivity contribution in [3.05, 3.63) is 0 Å². The van der Waals surface area contributed by atoms with Crippen LogP contribution in [0.2, 0.25) is 0 Å². The average molecular weight is 219 g/mol. The molecule has 9 heavy (non-hydrogen) atoms. The molecular formula is CCl3F3OSi. The highest BCUT2D eigenvalue weighted by molar-refractivity contribution is 7.62. The molecule has 0 fully saturated rings. The molecule has 0 aliphatic carbocycles. The van der Waals surface area contributed by atoms with Crippen LogP contribution in [0, 0.1) is 0 Å². The highest BCUT2D eigenvalue weighted by Crippen LogP contribution is 2.30. The molecule has 0 spiro atoms. The lowest BCUT2D eigenvalue weighted by Crippen LogP contribution is -2.27. The summed E-state index contributed by atoms with van der Waals surface area (Å²) in [4.78, 5) is 0. The van der Waals surface area contributed by atoms with Crippen molar-refractivity contribution in [2.75, 3.05) is 0 Å². The van der Waals surface area contributed by atoms with Crippen LogP contribution in [-0.2, 0) is 4.43 Å². The second-order valence-corrected chi connectivity index (χ2v) is 8.62. The minimum Gasteiger partial charge on any atom is -0.292 e. The fraction of sp³-hybridized carbons (Fsp3) is 1.00. The summed E-state index contributed by atoms with van der Waals surface area (Å²) in [5, 5.41) is 0. The second-order valence-electron chi connectivity index (χ2n) is 0.994. The standard InChI is InChI=1S/CCl3F3OSi/c2-9(3,4)8-1(5,6)7. The van der Waals surface area contributed by atoms with E-state index in [1.54, 1.807) is 0 Å². The Morgan fingerprint density at radius 3 is 1.44 bits per heavy atom. The minimum absolute atomic E-state index is 3.06. The number of rotatable bonds is 1. The molecule has 8 heteroatoms. The fourth-order valence-electron chi connectivity index (χ4n) is 0.131. The van der Waals surface area contributed by atoms with Crippen molar-refractivity contribution in [2.45, 2.75) is 6.36 Å². The van der Waals surface area contributed by atoms with Crippen LogP contribution in [0.3, 0.4) is 0 Å². The van der Waals surface area contributed by atoms with Crippen molar-refractivity contribution in [2.24, 2.45) is 0 Å². The highest BCUT2D eigenvalue weighted by Gasteiger charge is 2.43. The maximum Gasteiger partial charge on any atom is 0.515 e. The van der Waals surface area contributed by atoms with E-state index in [2.05, 4.69) is 4.43 Å². The molecule has 0 atom stereocenters. The Balaban J connectivity index is 3.75. The van der Waals surface area contributed by atoms with Gasteiger partial charge in [0.15, 0.2) is 0 Å². The second kappa shape index (κ2) is 2.83. The molecule has 0 bridgehead atoms. The molecule has 0 aromatic rings. The summed E-state index contributed by atoms with van der Waals surface area (Å²) in [6.07, 6.45) is -8.85. The zero-order chi connectivity index (χ0) is 7.71. The molecule has 0 rings (SSSR count). The van der Waals surface area contributed by atoms with Gasteiger partial charge < -0.3 is 0 Å². The summed E-state index contributed by atoms with van der Waals surface area (Å²) in [7, 11) is 0. The van der Waals surface area contributed by atoms with Gasteiger partial charge in [0, 0.05) is 0 Å². The first-order valence-electron chi connectivity index (χ1n) is 1.54. The van der Waals surface area contributed by atoms with E-state index in [-0.39, 0.29) is 0 Å². The van der Waals surface area contributed by atoms with Crippen molar-refractivity contribution in [3.8, 4) is 0 Å². The Kier molecular flexibility index (Phi) is 3.10. The monoisotopic (exact) mass is 218 g/mol. The number of hydrogen-bond acceptors (Lipinski definition) is 1. The molecule has 0 unspecified atom stereocenters. The molecule has 0 saturated heterocycles. The van der Waals surface area contributed by atoms with Crippen LogP contribution in [0.5, 0.6) is 0 Å². The Bertz CT molecular complexity index is 84.2. The van der Waals surface area contributed by atoms with Gasteiger partial charge in [-0.2, -0.15) is 0 Å². The van der Waals surface area contributed by atoms with Crippen molar-refractivity contribution in [1.29, 1.82) is 0 Å². The van der Waals surface area contributed by atoms with Gasteiger partial charge in [-0.25, -0.2) is 0 Å². The smallest absolute Gasteiger partial charge is 0.292 e. The largest absolute Gasteiger partial charge is 0.515 e. The maximum atomic E-state index is 11.1. The van der Waals surface area contributed by atoms with E-state index >= 15 is 0 Å². The first kappa shape index (κ1) is 9.84. The van der Waals surface area contributed by atoms with Gasteiger partial charge in [-0.1, -0.05) is 33.2 Å². The Morgan fingerprint density at radius 1 is 1.11 bits per heavy atom. The van der Waals surface area contributed by atoms with E-state index in [0.29, 0.717) is 0 Å². The summed E-state index contributed by atoms with van der Waals surface area (Å²) in [6, 6.07) is 0. The Labute approximate surface area is 63.9 Å². The average Bonchev–Trinajstić information content (AvgIpc) is 1.14. The summed E-state index contributed by atoms with van der Waals surface area (Å²) in [5.41, 5.74) is 0. The van der Waals surface area contributed by atoms with Crippen molar-refractivity contribution in [3.63, 3.8) is 0 Å². The summed E-state index contributed by atoms with van der Waals surface area (Å²) in [5.74, 6) is 0. The molecule has 0 N–H and O–H groups in total. The van der Waals surface area contributed by atoms with E-state index in [1.165, 1.54) is 0 Å². The fourth-order valence-corrected chi connectivity index (χ4v) is 1.18. The lowest BCUT2D eigenvalue weighted by Gasteiger charge is -2.10. The van der Waals surface area contributed by atoms with Crippen LogP contribution < -0.4 is 0 Å². The van der Waals surface area contributed by atoms with E-state index in [0.717, 1.165) is 0 Å². The molecule has 0 aromatic carbocycles. The van der Waals surface area contributed by atoms with Crippen LogP contribution in [0.4, 0.5) is 13.2 Å². The molecule has 0 amide bonds. The van der Waals surface area contributed by atoms with Gasteiger partial charge in [-0.15, -0.1) is 13.2 Å². The van der Waals surface area contributed by atoms with Gasteiger partial charge in [-0.05, 0) is 0 Å². The van der Waals surface area contributed by atoms with E-state index in [9.17, 15) is 13.2 Å². The van der Waals surface area contributed by atoms with Crippen molar-refractivity contribution >= 4 is 39.5 Å². The van der Waals surface area contributed by atoms with Crippen LogP contribution >= 0.6 is 33.2 Å². The summed E-state index contributed by atoms with van der Waals surface area (Å²) < 4.78 is 36.4. The molecule has 1 nitrogen and oxygen atoms in total. The molecule has 56 valence electrons. The molecule has 0 radical (unpaired) electrons. The van der Waals surface area contributed by atoms with Gasteiger partial charge in [-0.3, -0.25) is 4.43 Å². The molecule has 0 saturated carbocycles. The van der Waals surface area contributed by atoms with Gasteiger partial charge >= 0.3 is 12.6 Å². The molecule has 0 aromatic heterocycles. The lowest BCUT2D eigenvalue weighted by atomic mass is 11.4. The Hall–Kier alpha value is 0.837. The molecule has 0 aliphatic rings. The third-order valence-corrected chi connectivity index (χ3v) is 1.39. The summed E-state index contributed by atoms with van der Waals surface area (Å²) >= 11 is 14.2. The first-order chi connectivity index (χ1) is 3.71. The zero-order valence-corrected chi connectivity index (χ0v) is 6.94. The minimum atomic E-state index is -4.85. The summed E-state index contributed by atoms with van der Waals surface area (Å²) in [6.45, 7) is 0. The molecule has 0 heterocycles. The van der Waals surface area contributed by atoms with Crippen LogP contribution in [-0.4, -0.2) is 12.6 Å². The van der Waals surface area contributed by atoms with Crippen molar-refractivity contribution in [1.82, 2.24) is 0 Å². The quantitative estimate of drug-likeness (QED) is 0.487. The van der Waals surface area contributed by atoms with Crippen LogP contribution in [0.1, 0.15) is 0 Å². The molecule has 0 aliphatic heterocycles. The zero-order valence-electron chi connectivity index (χ0n) is 3.68. The normalized spacial score (nSPS) is 14.0. The number of hydrogen-bond donors (Lipinski definition) is 0.